The summed E-state index contributed by atoms with van der Waals surface area (Å²) < 4.78 is 0. The number of H-pyrrole nitrogens is 1. The van der Waals surface area contributed by atoms with Gasteiger partial charge >= 0.3 is 5.97 Å². The van der Waals surface area contributed by atoms with Crippen molar-refractivity contribution in [3.63, 3.8) is 0 Å². The molecular formula is C19H22N4O3. The lowest BCUT2D eigenvalue weighted by molar-refractivity contribution is -0.141. The molecule has 2 heterocycles. The number of amides is 1. The molecule has 136 valence electrons. The Bertz CT molecular complexity index is 818. The molecule has 2 aromatic rings. The molecule has 0 saturated heterocycles. The van der Waals surface area contributed by atoms with Gasteiger partial charge in [0.1, 0.15) is 11.9 Å². The first-order valence-corrected chi connectivity index (χ1v) is 8.29. The second-order valence-electron chi connectivity index (χ2n) is 5.70. The summed E-state index contributed by atoms with van der Waals surface area (Å²) >= 11 is 0. The standard InChI is InChI=1S/C19H22N4O3/c1-3-6-13(7-4-2)12-15(19(25)26)22-17(24)10-9-16-21-14-8-5-11-20-18(14)23-16/h3-8,11,15H,1,9-10,12H2,2H3,(H,22,24)(H,25,26)(H,20,21,23)/b7-4-,13-6+. The van der Waals surface area contributed by atoms with E-state index in [2.05, 4.69) is 26.8 Å². The maximum absolute atomic E-state index is 12.2. The number of aryl methyl sites for hydroxylation is 1. The highest BCUT2D eigenvalue weighted by Gasteiger charge is 2.20. The number of hydrogen-bond acceptors (Lipinski definition) is 4. The van der Waals surface area contributed by atoms with E-state index in [1.165, 1.54) is 0 Å². The zero-order valence-corrected chi connectivity index (χ0v) is 14.6. The van der Waals surface area contributed by atoms with Crippen LogP contribution >= 0.6 is 0 Å². The number of nitrogens with zero attached hydrogens (tertiary/aromatic N) is 2. The van der Waals surface area contributed by atoms with E-state index in [-0.39, 0.29) is 18.7 Å². The van der Waals surface area contributed by atoms with E-state index in [1.54, 1.807) is 30.5 Å². The number of pyridine rings is 1. The number of aliphatic carboxylic acids is 1. The SMILES string of the molecule is C=C/C=C(\C=C/C)CC(NC(=O)CCc1nc2ncccc2[nH]1)C(=O)O. The monoisotopic (exact) mass is 354 g/mol. The number of nitrogens with one attached hydrogen (secondary N) is 2. The van der Waals surface area contributed by atoms with Crippen molar-refractivity contribution in [3.05, 3.63) is 60.6 Å². The number of carboxylic acids is 1. The number of carbonyl (C=O) groups excluding carboxylic acids is 1. The molecule has 0 radical (unpaired) electrons. The molecule has 0 aromatic carbocycles. The number of carboxylic acid groups (broad SMARTS) is 1. The van der Waals surface area contributed by atoms with Crippen LogP contribution < -0.4 is 5.32 Å². The van der Waals surface area contributed by atoms with Gasteiger partial charge in [0.05, 0.1) is 5.52 Å². The van der Waals surface area contributed by atoms with Crippen molar-refractivity contribution in [2.24, 2.45) is 0 Å². The highest BCUT2D eigenvalue weighted by Crippen LogP contribution is 2.11. The third-order valence-electron chi connectivity index (χ3n) is 3.68. The van der Waals surface area contributed by atoms with Gasteiger partial charge in [-0.2, -0.15) is 0 Å². The van der Waals surface area contributed by atoms with Gasteiger partial charge in [-0.05, 0) is 24.6 Å². The van der Waals surface area contributed by atoms with Gasteiger partial charge in [-0.3, -0.25) is 4.79 Å². The smallest absolute Gasteiger partial charge is 0.326 e. The fraction of sp³-hybridized carbons (Fsp3) is 0.263. The Morgan fingerprint density at radius 2 is 2.27 bits per heavy atom. The van der Waals surface area contributed by atoms with E-state index in [1.807, 2.05) is 19.1 Å². The summed E-state index contributed by atoms with van der Waals surface area (Å²) in [5.41, 5.74) is 2.17. The minimum atomic E-state index is -1.08. The first kappa shape index (κ1) is 19.1. The van der Waals surface area contributed by atoms with Gasteiger partial charge < -0.3 is 15.4 Å². The molecule has 3 N–H and O–H groups in total. The summed E-state index contributed by atoms with van der Waals surface area (Å²) in [5, 5.41) is 11.9. The van der Waals surface area contributed by atoms with Crippen LogP contribution in [0.4, 0.5) is 0 Å². The van der Waals surface area contributed by atoms with Gasteiger partial charge in [0, 0.05) is 25.5 Å². The van der Waals surface area contributed by atoms with Crippen LogP contribution in [0.25, 0.3) is 11.2 Å². The van der Waals surface area contributed by atoms with Crippen LogP contribution in [0.2, 0.25) is 0 Å². The molecule has 0 aliphatic heterocycles. The number of allylic oxidation sites excluding steroid dienone is 4. The predicted molar refractivity (Wildman–Crippen MR) is 99.5 cm³/mol. The molecule has 0 bridgehead atoms. The van der Waals surface area contributed by atoms with Gasteiger partial charge in [-0.1, -0.05) is 30.9 Å². The molecule has 2 rings (SSSR count). The van der Waals surface area contributed by atoms with Crippen molar-refractivity contribution >= 4 is 23.0 Å². The van der Waals surface area contributed by atoms with Crippen LogP contribution in [0.1, 0.15) is 25.6 Å². The summed E-state index contributed by atoms with van der Waals surface area (Å²) in [4.78, 5) is 35.1. The lowest BCUT2D eigenvalue weighted by Gasteiger charge is -2.15. The predicted octanol–water partition coefficient (Wildman–Crippen LogP) is 2.54. The van der Waals surface area contributed by atoms with E-state index in [0.717, 1.165) is 11.1 Å². The first-order chi connectivity index (χ1) is 12.5. The van der Waals surface area contributed by atoms with Crippen molar-refractivity contribution in [3.8, 4) is 0 Å². The third kappa shape index (κ3) is 5.41. The van der Waals surface area contributed by atoms with Crippen LogP contribution in [-0.2, 0) is 16.0 Å². The van der Waals surface area contributed by atoms with Gasteiger partial charge in [0.15, 0.2) is 5.65 Å². The molecule has 26 heavy (non-hydrogen) atoms. The van der Waals surface area contributed by atoms with Gasteiger partial charge in [-0.25, -0.2) is 14.8 Å². The fourth-order valence-electron chi connectivity index (χ4n) is 2.50. The Morgan fingerprint density at radius 1 is 1.46 bits per heavy atom. The van der Waals surface area contributed by atoms with E-state index in [9.17, 15) is 14.7 Å². The summed E-state index contributed by atoms with van der Waals surface area (Å²) in [5.74, 6) is -0.781. The van der Waals surface area contributed by atoms with Gasteiger partial charge in [-0.15, -0.1) is 0 Å². The van der Waals surface area contributed by atoms with Gasteiger partial charge in [0.2, 0.25) is 5.91 Å². The second kappa shape index (κ2) is 9.31. The Hall–Kier alpha value is -3.22. The molecule has 0 saturated carbocycles. The molecule has 0 spiro atoms. The van der Waals surface area contributed by atoms with Crippen molar-refractivity contribution in [1.29, 1.82) is 0 Å². The van der Waals surface area contributed by atoms with Crippen LogP contribution in [-0.4, -0.2) is 38.0 Å². The number of aromatic amines is 1. The minimum absolute atomic E-state index is 0.133. The van der Waals surface area contributed by atoms with Crippen LogP contribution in [0, 0.1) is 0 Å². The first-order valence-electron chi connectivity index (χ1n) is 8.29. The molecule has 0 fully saturated rings. The van der Waals surface area contributed by atoms with Crippen LogP contribution in [0.15, 0.2) is 54.8 Å². The molecule has 2 aromatic heterocycles. The maximum atomic E-state index is 12.2. The molecule has 0 aliphatic carbocycles. The number of fused-ring (bicyclic) bond motifs is 1. The Labute approximate surface area is 151 Å². The molecular weight excluding hydrogens is 332 g/mol. The Kier molecular flexibility index (Phi) is 6.84. The Balaban J connectivity index is 1.95. The van der Waals surface area contributed by atoms with E-state index in [0.29, 0.717) is 17.9 Å². The van der Waals surface area contributed by atoms with Crippen LogP contribution in [0.3, 0.4) is 0 Å². The lowest BCUT2D eigenvalue weighted by Crippen LogP contribution is -2.41. The van der Waals surface area contributed by atoms with Crippen molar-refractivity contribution in [2.75, 3.05) is 0 Å². The molecule has 7 nitrogen and oxygen atoms in total. The number of carbonyl (C=O) groups is 2. The molecule has 1 amide bonds. The summed E-state index contributed by atoms with van der Waals surface area (Å²) in [7, 11) is 0. The molecule has 0 aliphatic rings. The number of rotatable bonds is 9. The van der Waals surface area contributed by atoms with E-state index in [4.69, 9.17) is 0 Å². The average molecular weight is 354 g/mol. The summed E-state index contributed by atoms with van der Waals surface area (Å²) in [6.07, 6.45) is 9.26. The third-order valence-corrected chi connectivity index (χ3v) is 3.68. The normalized spacial score (nSPS) is 13.0. The van der Waals surface area contributed by atoms with E-state index < -0.39 is 12.0 Å². The maximum Gasteiger partial charge on any atom is 0.326 e. The fourth-order valence-corrected chi connectivity index (χ4v) is 2.50. The van der Waals surface area contributed by atoms with Crippen molar-refractivity contribution in [2.45, 2.75) is 32.2 Å². The molecule has 1 unspecified atom stereocenters. The average Bonchev–Trinajstić information content (AvgIpc) is 3.02. The van der Waals surface area contributed by atoms with Crippen molar-refractivity contribution in [1.82, 2.24) is 20.3 Å². The highest BCUT2D eigenvalue weighted by molar-refractivity contribution is 5.84. The highest BCUT2D eigenvalue weighted by atomic mass is 16.4. The minimum Gasteiger partial charge on any atom is -0.480 e. The number of aromatic nitrogens is 3. The topological polar surface area (TPSA) is 108 Å². The quantitative estimate of drug-likeness (QED) is 0.600. The zero-order chi connectivity index (χ0) is 18.9. The Morgan fingerprint density at radius 3 is 2.92 bits per heavy atom. The molecule has 1 atom stereocenters. The lowest BCUT2D eigenvalue weighted by atomic mass is 10.0. The largest absolute Gasteiger partial charge is 0.480 e. The van der Waals surface area contributed by atoms with E-state index >= 15 is 0 Å². The number of hydrogen-bond donors (Lipinski definition) is 3. The molecule has 7 heteroatoms. The summed E-state index contributed by atoms with van der Waals surface area (Å²) in [6, 6.07) is 2.66. The zero-order valence-electron chi connectivity index (χ0n) is 14.6. The second-order valence-corrected chi connectivity index (χ2v) is 5.70. The van der Waals surface area contributed by atoms with Crippen LogP contribution in [0.5, 0.6) is 0 Å². The summed E-state index contributed by atoms with van der Waals surface area (Å²) in [6.45, 7) is 5.46. The van der Waals surface area contributed by atoms with Gasteiger partial charge in [0.25, 0.3) is 0 Å². The number of imidazole rings is 1. The van der Waals surface area contributed by atoms with Crippen molar-refractivity contribution < 1.29 is 14.7 Å².